The molecule has 34 heavy (non-hydrogen) atoms. The largest absolute Gasteiger partial charge is 0.384 e. The third-order valence-corrected chi connectivity index (χ3v) is 5.66. The number of anilines is 1. The molecule has 0 fully saturated rings. The lowest BCUT2D eigenvalue weighted by Gasteiger charge is -2.13. The summed E-state index contributed by atoms with van der Waals surface area (Å²) < 4.78 is 15.9. The monoisotopic (exact) mass is 452 g/mol. The van der Waals surface area contributed by atoms with Gasteiger partial charge in [0, 0.05) is 35.8 Å². The van der Waals surface area contributed by atoms with Crippen molar-refractivity contribution in [3.63, 3.8) is 0 Å². The number of halogens is 1. The third kappa shape index (κ3) is 3.53. The Hall–Kier alpha value is -4.66. The number of nitrogens with one attached hydrogen (secondary N) is 1. The van der Waals surface area contributed by atoms with Crippen molar-refractivity contribution in [1.82, 2.24) is 19.5 Å². The summed E-state index contributed by atoms with van der Waals surface area (Å²) in [6.07, 6.45) is 4.84. The van der Waals surface area contributed by atoms with Crippen LogP contribution in [0.4, 0.5) is 10.2 Å². The Morgan fingerprint density at radius 2 is 1.91 bits per heavy atom. The highest BCUT2D eigenvalue weighted by Crippen LogP contribution is 2.33. The quantitative estimate of drug-likeness (QED) is 0.271. The Morgan fingerprint density at radius 1 is 1.09 bits per heavy atom. The molecule has 5 rings (SSSR count). The second-order valence-corrected chi connectivity index (χ2v) is 7.71. The number of hydrogen-bond donors (Lipinski definition) is 3. The minimum atomic E-state index is -0.348. The van der Waals surface area contributed by atoms with Crippen molar-refractivity contribution >= 4 is 39.9 Å². The van der Waals surface area contributed by atoms with Crippen LogP contribution in [0.25, 0.3) is 38.8 Å². The van der Waals surface area contributed by atoms with Crippen LogP contribution in [0.15, 0.2) is 65.9 Å². The van der Waals surface area contributed by atoms with E-state index in [0.717, 1.165) is 39.9 Å². The van der Waals surface area contributed by atoms with Gasteiger partial charge in [-0.15, -0.1) is 0 Å². The van der Waals surface area contributed by atoms with E-state index in [0.29, 0.717) is 28.8 Å². The van der Waals surface area contributed by atoms with Crippen LogP contribution in [0, 0.1) is 11.2 Å². The molecule has 0 spiro atoms. The summed E-state index contributed by atoms with van der Waals surface area (Å²) in [6, 6.07) is 14.0. The number of amidine groups is 1. The van der Waals surface area contributed by atoms with Gasteiger partial charge in [-0.25, -0.2) is 19.4 Å². The number of nitrogens with two attached hydrogens (primary N) is 2. The molecule has 168 valence electrons. The van der Waals surface area contributed by atoms with Crippen LogP contribution in [0.3, 0.4) is 0 Å². The molecule has 0 saturated carbocycles. The second kappa shape index (κ2) is 8.36. The normalized spacial score (nSPS) is 11.9. The van der Waals surface area contributed by atoms with Gasteiger partial charge in [0.25, 0.3) is 0 Å². The lowest BCUT2D eigenvalue weighted by atomic mass is 10.0. The second-order valence-electron chi connectivity index (χ2n) is 7.71. The highest BCUT2D eigenvalue weighted by atomic mass is 19.1. The van der Waals surface area contributed by atoms with Crippen LogP contribution in [-0.4, -0.2) is 31.7 Å². The number of rotatable bonds is 5. The van der Waals surface area contributed by atoms with Crippen LogP contribution in [-0.2, 0) is 6.42 Å². The Morgan fingerprint density at radius 3 is 2.68 bits per heavy atom. The lowest BCUT2D eigenvalue weighted by molar-refractivity contribution is 0.629. The molecular formula is C25H21FN8. The maximum atomic E-state index is 13.9. The number of hydrogen-bond acceptors (Lipinski definition) is 5. The van der Waals surface area contributed by atoms with Crippen molar-refractivity contribution in [2.24, 2.45) is 10.7 Å². The van der Waals surface area contributed by atoms with E-state index in [1.807, 2.05) is 35.8 Å². The zero-order valence-corrected chi connectivity index (χ0v) is 18.3. The molecule has 0 bridgehead atoms. The standard InChI is InChI=1S/C25H21FN8/c1-2-23-33-24-18(25(29)32-13-27)9-15(14-5-7-31-22(28)11-14)10-21(24)34(23)20-6-8-30-19-12-16(26)3-4-17(19)20/h3-13H,2H2,1H3,(H2,28,31)(H3,27,29,32). The van der Waals surface area contributed by atoms with Gasteiger partial charge in [-0.3, -0.25) is 15.0 Å². The molecule has 3 heterocycles. The summed E-state index contributed by atoms with van der Waals surface area (Å²) in [4.78, 5) is 17.3. The fourth-order valence-corrected chi connectivity index (χ4v) is 4.16. The van der Waals surface area contributed by atoms with E-state index in [-0.39, 0.29) is 11.7 Å². The number of fused-ring (bicyclic) bond motifs is 2. The molecule has 8 nitrogen and oxygen atoms in total. The van der Waals surface area contributed by atoms with Gasteiger partial charge in [0.2, 0.25) is 0 Å². The molecule has 0 unspecified atom stereocenters. The Labute approximate surface area is 194 Å². The summed E-state index contributed by atoms with van der Waals surface area (Å²) in [6.45, 7) is 2.01. The van der Waals surface area contributed by atoms with E-state index >= 15 is 0 Å². The number of aliphatic imine (C=N–C) groups is 1. The maximum absolute atomic E-state index is 13.9. The number of aryl methyl sites for hydroxylation is 1. The molecule has 5 N–H and O–H groups in total. The fraction of sp³-hybridized carbons (Fsp3) is 0.0800. The molecule has 9 heteroatoms. The van der Waals surface area contributed by atoms with Gasteiger partial charge in [-0.05, 0) is 53.6 Å². The Bertz CT molecular complexity index is 1600. The van der Waals surface area contributed by atoms with Gasteiger partial charge in [0.05, 0.1) is 16.7 Å². The van der Waals surface area contributed by atoms with E-state index in [9.17, 15) is 4.39 Å². The number of aromatic nitrogens is 4. The first kappa shape index (κ1) is 21.2. The zero-order chi connectivity index (χ0) is 23.8. The van der Waals surface area contributed by atoms with Crippen molar-refractivity contribution in [3.8, 4) is 16.8 Å². The van der Waals surface area contributed by atoms with E-state index in [4.69, 9.17) is 21.9 Å². The molecule has 3 aromatic heterocycles. The molecule has 2 aromatic carbocycles. The average Bonchev–Trinajstić information content (AvgIpc) is 3.21. The minimum absolute atomic E-state index is 0.179. The van der Waals surface area contributed by atoms with Gasteiger partial charge in [-0.1, -0.05) is 6.92 Å². The van der Waals surface area contributed by atoms with E-state index in [1.54, 1.807) is 24.5 Å². The van der Waals surface area contributed by atoms with Gasteiger partial charge in [0.15, 0.2) is 0 Å². The minimum Gasteiger partial charge on any atom is -0.384 e. The molecule has 0 amide bonds. The highest BCUT2D eigenvalue weighted by Gasteiger charge is 2.19. The van der Waals surface area contributed by atoms with Gasteiger partial charge >= 0.3 is 0 Å². The topological polar surface area (TPSA) is 132 Å². The summed E-state index contributed by atoms with van der Waals surface area (Å²) in [5, 5.41) is 8.17. The summed E-state index contributed by atoms with van der Waals surface area (Å²) >= 11 is 0. The first-order chi connectivity index (χ1) is 16.5. The van der Waals surface area contributed by atoms with E-state index in [1.165, 1.54) is 12.1 Å². The first-order valence-electron chi connectivity index (χ1n) is 10.6. The first-order valence-corrected chi connectivity index (χ1v) is 10.6. The summed E-state index contributed by atoms with van der Waals surface area (Å²) in [5.74, 6) is 1.02. The van der Waals surface area contributed by atoms with E-state index in [2.05, 4.69) is 15.0 Å². The molecule has 0 saturated heterocycles. The van der Waals surface area contributed by atoms with Crippen LogP contribution in [0.1, 0.15) is 18.3 Å². The average molecular weight is 452 g/mol. The Kier molecular flexibility index (Phi) is 5.21. The smallest absolute Gasteiger partial charge is 0.134 e. The lowest BCUT2D eigenvalue weighted by Crippen LogP contribution is -2.14. The van der Waals surface area contributed by atoms with Crippen molar-refractivity contribution in [2.75, 3.05) is 5.73 Å². The highest BCUT2D eigenvalue weighted by molar-refractivity contribution is 6.11. The third-order valence-electron chi connectivity index (χ3n) is 5.66. The zero-order valence-electron chi connectivity index (χ0n) is 18.3. The van der Waals surface area contributed by atoms with Crippen molar-refractivity contribution < 1.29 is 4.39 Å². The number of benzene rings is 2. The molecule has 0 aliphatic heterocycles. The Balaban J connectivity index is 1.90. The molecule has 5 aromatic rings. The molecular weight excluding hydrogens is 431 g/mol. The fourth-order valence-electron chi connectivity index (χ4n) is 4.16. The van der Waals surface area contributed by atoms with Crippen LogP contribution in [0.5, 0.6) is 0 Å². The summed E-state index contributed by atoms with van der Waals surface area (Å²) in [5.41, 5.74) is 17.3. The van der Waals surface area contributed by atoms with Crippen LogP contribution >= 0.6 is 0 Å². The van der Waals surface area contributed by atoms with Crippen molar-refractivity contribution in [2.45, 2.75) is 13.3 Å². The molecule has 0 radical (unpaired) electrons. The van der Waals surface area contributed by atoms with Gasteiger partial charge < -0.3 is 11.5 Å². The van der Waals surface area contributed by atoms with Crippen molar-refractivity contribution in [1.29, 1.82) is 5.41 Å². The molecule has 0 atom stereocenters. The number of nitrogen functional groups attached to an aromatic ring is 1. The predicted molar refractivity (Wildman–Crippen MR) is 133 cm³/mol. The van der Waals surface area contributed by atoms with Gasteiger partial charge in [-0.2, -0.15) is 0 Å². The van der Waals surface area contributed by atoms with Crippen LogP contribution in [0.2, 0.25) is 0 Å². The predicted octanol–water partition coefficient (Wildman–Crippen LogP) is 4.23. The maximum Gasteiger partial charge on any atom is 0.134 e. The van der Waals surface area contributed by atoms with E-state index < -0.39 is 0 Å². The SMILES string of the molecule is CCc1nc2c(C(N)=NC=N)cc(-c3ccnc(N)c3)cc2n1-c1ccnc2cc(F)ccc12. The van der Waals surface area contributed by atoms with Crippen LogP contribution < -0.4 is 11.5 Å². The molecule has 0 aliphatic rings. The number of imidazole rings is 1. The number of pyridine rings is 2. The number of nitrogens with zero attached hydrogens (tertiary/aromatic N) is 5. The van der Waals surface area contributed by atoms with Gasteiger partial charge in [0.1, 0.15) is 35.2 Å². The molecule has 0 aliphatic carbocycles. The van der Waals surface area contributed by atoms with Crippen molar-refractivity contribution in [3.05, 3.63) is 78.1 Å². The summed E-state index contributed by atoms with van der Waals surface area (Å²) in [7, 11) is 0.